The molecule has 1 aromatic rings. The fourth-order valence-electron chi connectivity index (χ4n) is 2.47. The third-order valence-corrected chi connectivity index (χ3v) is 3.34. The number of hydrogen-bond donors (Lipinski definition) is 3. The van der Waals surface area contributed by atoms with Crippen molar-refractivity contribution in [3.63, 3.8) is 0 Å². The number of piperidine rings is 1. The van der Waals surface area contributed by atoms with Crippen molar-refractivity contribution in [1.82, 2.24) is 4.98 Å². The fourth-order valence-corrected chi connectivity index (χ4v) is 2.47. The van der Waals surface area contributed by atoms with E-state index in [2.05, 4.69) is 4.98 Å². The third-order valence-electron chi connectivity index (χ3n) is 3.34. The molecule has 1 saturated heterocycles. The normalized spacial score (nSPS) is 24.2. The highest BCUT2D eigenvalue weighted by Gasteiger charge is 2.32. The molecule has 2 heterocycles. The second-order valence-corrected chi connectivity index (χ2v) is 4.55. The molecule has 1 aliphatic heterocycles. The van der Waals surface area contributed by atoms with Gasteiger partial charge in [0.1, 0.15) is 6.23 Å². The Hall–Kier alpha value is -1.53. The number of rotatable bonds is 3. The summed E-state index contributed by atoms with van der Waals surface area (Å²) >= 11 is 0. The number of hydrogen-bond acceptors (Lipinski definition) is 6. The number of methoxy groups -OCH3 is 1. The predicted octanol–water partition coefficient (Wildman–Crippen LogP) is 0.570. The lowest BCUT2D eigenvalue weighted by Gasteiger charge is -2.41. The van der Waals surface area contributed by atoms with Crippen molar-refractivity contribution in [3.05, 3.63) is 12.3 Å². The number of aliphatic hydroxyl groups is 1. The topological polar surface area (TPSA) is 97.6 Å². The molecule has 1 aromatic heterocycles. The summed E-state index contributed by atoms with van der Waals surface area (Å²) < 4.78 is 5.46. The number of nitrogens with zero attached hydrogens (tertiary/aromatic N) is 2. The molecule has 0 amide bonds. The van der Waals surface area contributed by atoms with Gasteiger partial charge in [0.2, 0.25) is 0 Å². The quantitative estimate of drug-likeness (QED) is 0.727. The summed E-state index contributed by atoms with van der Waals surface area (Å²) in [7, 11) is 1.66. The van der Waals surface area contributed by atoms with Gasteiger partial charge in [-0.05, 0) is 25.3 Å². The average molecular weight is 252 g/mol. The molecule has 0 bridgehead atoms. The van der Waals surface area contributed by atoms with E-state index in [9.17, 15) is 5.11 Å². The summed E-state index contributed by atoms with van der Waals surface area (Å²) in [5.41, 5.74) is 12.7. The number of nitrogens with two attached hydrogens (primary N) is 2. The van der Waals surface area contributed by atoms with Gasteiger partial charge >= 0.3 is 0 Å². The second-order valence-electron chi connectivity index (χ2n) is 4.55. The molecule has 6 heteroatoms. The average Bonchev–Trinajstić information content (AvgIpc) is 2.38. The van der Waals surface area contributed by atoms with Crippen LogP contribution in [-0.4, -0.2) is 36.1 Å². The van der Waals surface area contributed by atoms with Gasteiger partial charge in [-0.1, -0.05) is 0 Å². The van der Waals surface area contributed by atoms with E-state index in [1.807, 2.05) is 4.90 Å². The monoisotopic (exact) mass is 252 g/mol. The van der Waals surface area contributed by atoms with E-state index in [0.29, 0.717) is 17.2 Å². The summed E-state index contributed by atoms with van der Waals surface area (Å²) in [6, 6.07) is 1.67. The van der Waals surface area contributed by atoms with Crippen molar-refractivity contribution in [1.29, 1.82) is 0 Å². The molecule has 0 aromatic carbocycles. The minimum absolute atomic E-state index is 0.0119. The van der Waals surface area contributed by atoms with E-state index in [0.717, 1.165) is 19.3 Å². The highest BCUT2D eigenvalue weighted by molar-refractivity contribution is 5.67. The molecule has 18 heavy (non-hydrogen) atoms. The Morgan fingerprint density at radius 2 is 2.28 bits per heavy atom. The lowest BCUT2D eigenvalue weighted by atomic mass is 10.0. The van der Waals surface area contributed by atoms with Crippen LogP contribution < -0.4 is 16.4 Å². The van der Waals surface area contributed by atoms with Gasteiger partial charge in [0.15, 0.2) is 5.82 Å². The van der Waals surface area contributed by atoms with Crippen LogP contribution in [0.5, 0.6) is 0 Å². The van der Waals surface area contributed by atoms with Crippen LogP contribution in [-0.2, 0) is 4.74 Å². The fraction of sp³-hybridized carbons (Fsp3) is 0.583. The molecular weight excluding hydrogens is 232 g/mol. The van der Waals surface area contributed by atoms with Gasteiger partial charge in [-0.2, -0.15) is 0 Å². The summed E-state index contributed by atoms with van der Waals surface area (Å²) in [5, 5.41) is 9.49. The zero-order valence-corrected chi connectivity index (χ0v) is 10.5. The summed E-state index contributed by atoms with van der Waals surface area (Å²) in [4.78, 5) is 6.24. The molecule has 2 unspecified atom stereocenters. The lowest BCUT2D eigenvalue weighted by Crippen LogP contribution is -2.50. The van der Waals surface area contributed by atoms with Crippen molar-refractivity contribution < 1.29 is 9.84 Å². The summed E-state index contributed by atoms with van der Waals surface area (Å²) in [6.07, 6.45) is 4.30. The van der Waals surface area contributed by atoms with Crippen LogP contribution in [0.25, 0.3) is 0 Å². The molecule has 0 radical (unpaired) electrons. The van der Waals surface area contributed by atoms with E-state index in [1.165, 1.54) is 0 Å². The highest BCUT2D eigenvalue weighted by atomic mass is 16.5. The molecule has 1 fully saturated rings. The minimum atomic E-state index is -0.102. The van der Waals surface area contributed by atoms with E-state index >= 15 is 0 Å². The Bertz CT molecular complexity index is 401. The van der Waals surface area contributed by atoms with Gasteiger partial charge in [0.05, 0.1) is 30.2 Å². The molecule has 0 spiro atoms. The smallest absolute Gasteiger partial charge is 0.154 e. The largest absolute Gasteiger partial charge is 0.397 e. The van der Waals surface area contributed by atoms with E-state index < -0.39 is 0 Å². The SMILES string of the molecule is COC1CCCC(CO)N1c1ncc(N)cc1N. The van der Waals surface area contributed by atoms with E-state index in [1.54, 1.807) is 19.4 Å². The molecular formula is C12H20N4O2. The highest BCUT2D eigenvalue weighted by Crippen LogP contribution is 2.32. The maximum Gasteiger partial charge on any atom is 0.154 e. The van der Waals surface area contributed by atoms with Gasteiger partial charge in [-0.3, -0.25) is 0 Å². The number of aromatic nitrogens is 1. The zero-order chi connectivity index (χ0) is 13.1. The van der Waals surface area contributed by atoms with Gasteiger partial charge in [0.25, 0.3) is 0 Å². The molecule has 0 saturated carbocycles. The first kappa shape index (κ1) is 12.9. The first-order valence-corrected chi connectivity index (χ1v) is 6.10. The minimum Gasteiger partial charge on any atom is -0.397 e. The van der Waals surface area contributed by atoms with Crippen molar-refractivity contribution in [2.75, 3.05) is 30.1 Å². The molecule has 5 N–H and O–H groups in total. The van der Waals surface area contributed by atoms with Crippen LogP contribution in [0.2, 0.25) is 0 Å². The van der Waals surface area contributed by atoms with Crippen LogP contribution >= 0.6 is 0 Å². The maximum atomic E-state index is 9.49. The van der Waals surface area contributed by atoms with E-state index in [-0.39, 0.29) is 18.9 Å². The number of anilines is 3. The van der Waals surface area contributed by atoms with Crippen LogP contribution in [0.1, 0.15) is 19.3 Å². The van der Waals surface area contributed by atoms with Crippen molar-refractivity contribution in [2.24, 2.45) is 0 Å². The summed E-state index contributed by atoms with van der Waals surface area (Å²) in [5.74, 6) is 0.634. The maximum absolute atomic E-state index is 9.49. The zero-order valence-electron chi connectivity index (χ0n) is 10.5. The Morgan fingerprint density at radius 3 is 2.89 bits per heavy atom. The molecule has 2 atom stereocenters. The van der Waals surface area contributed by atoms with Crippen molar-refractivity contribution >= 4 is 17.2 Å². The molecule has 1 aliphatic rings. The standard InChI is InChI=1S/C12H20N4O2/c1-18-11-4-2-3-9(7-17)16(11)12-10(14)5-8(13)6-15-12/h5-6,9,11,17H,2-4,7,13-14H2,1H3. The third kappa shape index (κ3) is 2.34. The van der Waals surface area contributed by atoms with E-state index in [4.69, 9.17) is 16.2 Å². The van der Waals surface area contributed by atoms with Crippen molar-refractivity contribution in [3.8, 4) is 0 Å². The first-order valence-electron chi connectivity index (χ1n) is 6.10. The molecule has 100 valence electrons. The van der Waals surface area contributed by atoms with Crippen molar-refractivity contribution in [2.45, 2.75) is 31.5 Å². The van der Waals surface area contributed by atoms with Crippen LogP contribution in [0, 0.1) is 0 Å². The molecule has 2 rings (SSSR count). The van der Waals surface area contributed by atoms with Crippen LogP contribution in [0.15, 0.2) is 12.3 Å². The number of pyridine rings is 1. The summed E-state index contributed by atoms with van der Waals surface area (Å²) in [6.45, 7) is 0.0609. The van der Waals surface area contributed by atoms with Gasteiger partial charge in [0, 0.05) is 7.11 Å². The molecule has 0 aliphatic carbocycles. The Morgan fingerprint density at radius 1 is 1.50 bits per heavy atom. The van der Waals surface area contributed by atoms with Crippen LogP contribution in [0.3, 0.4) is 0 Å². The Kier molecular flexibility index (Phi) is 3.88. The van der Waals surface area contributed by atoms with Gasteiger partial charge < -0.3 is 26.2 Å². The van der Waals surface area contributed by atoms with Gasteiger partial charge in [-0.25, -0.2) is 4.98 Å². The van der Waals surface area contributed by atoms with Crippen LogP contribution in [0.4, 0.5) is 17.2 Å². The van der Waals surface area contributed by atoms with Gasteiger partial charge in [-0.15, -0.1) is 0 Å². The number of nitrogen functional groups attached to an aromatic ring is 2. The lowest BCUT2D eigenvalue weighted by molar-refractivity contribution is 0.0558. The number of ether oxygens (including phenoxy) is 1. The second kappa shape index (κ2) is 5.41. The Labute approximate surface area is 107 Å². The first-order chi connectivity index (χ1) is 8.67. The Balaban J connectivity index is 2.36. The predicted molar refractivity (Wildman–Crippen MR) is 71.1 cm³/mol. The molecule has 6 nitrogen and oxygen atoms in total. The number of aliphatic hydroxyl groups excluding tert-OH is 1.